The average molecular weight is 137 g/mol. The summed E-state index contributed by atoms with van der Waals surface area (Å²) in [6.07, 6.45) is 0. The molecule has 0 aliphatic carbocycles. The molecule has 0 fully saturated rings. The van der Waals surface area contributed by atoms with Crippen molar-refractivity contribution in [3.05, 3.63) is 0 Å². The molecule has 0 rings (SSSR count). The molecular formula is C5H12FNO2. The second-order valence-electron chi connectivity index (χ2n) is 2.84. The van der Waals surface area contributed by atoms with Crippen molar-refractivity contribution in [2.75, 3.05) is 27.7 Å². The minimum Gasteiger partial charge on any atom is -1.00 e. The molecule has 0 saturated heterocycles. The number of carboxylic acids is 1. The summed E-state index contributed by atoms with van der Waals surface area (Å²) in [6, 6.07) is 0. The number of quaternary nitrogens is 1. The molecule has 0 aliphatic rings. The van der Waals surface area contributed by atoms with Crippen LogP contribution < -0.4 is 4.70 Å². The third-order valence-electron chi connectivity index (χ3n) is 0.610. The summed E-state index contributed by atoms with van der Waals surface area (Å²) in [6.45, 7) is 0.181. The Morgan fingerprint density at radius 2 is 1.78 bits per heavy atom. The molecule has 0 heterocycles. The van der Waals surface area contributed by atoms with Gasteiger partial charge in [-0.05, 0) is 0 Å². The van der Waals surface area contributed by atoms with E-state index in [0.29, 0.717) is 4.48 Å². The minimum absolute atomic E-state index is 0. The topological polar surface area (TPSA) is 37.3 Å². The molecule has 0 aromatic carbocycles. The van der Waals surface area contributed by atoms with Gasteiger partial charge < -0.3 is 14.3 Å². The first-order chi connectivity index (χ1) is 3.42. The van der Waals surface area contributed by atoms with Crippen molar-refractivity contribution in [3.8, 4) is 0 Å². The van der Waals surface area contributed by atoms with Crippen LogP contribution in [0.2, 0.25) is 0 Å². The summed E-state index contributed by atoms with van der Waals surface area (Å²) in [5, 5.41) is 8.23. The van der Waals surface area contributed by atoms with Crippen LogP contribution in [0.4, 0.5) is 0 Å². The molecule has 0 bridgehead atoms. The lowest BCUT2D eigenvalue weighted by molar-refractivity contribution is -0.862. The Balaban J connectivity index is 0. The fraction of sp³-hybridized carbons (Fsp3) is 0.800. The molecule has 0 saturated carbocycles. The highest BCUT2D eigenvalue weighted by atomic mass is 19.0. The SMILES string of the molecule is C[N+](C)(C)CC(=O)O.[F-]. The van der Waals surface area contributed by atoms with Crippen LogP contribution in [0.3, 0.4) is 0 Å². The summed E-state index contributed by atoms with van der Waals surface area (Å²) in [4.78, 5) is 10.00. The molecule has 0 spiro atoms. The highest BCUT2D eigenvalue weighted by Gasteiger charge is 2.11. The summed E-state index contributed by atoms with van der Waals surface area (Å²) in [5.41, 5.74) is 0. The zero-order valence-corrected chi connectivity index (χ0v) is 5.89. The maximum atomic E-state index is 10.00. The van der Waals surface area contributed by atoms with Crippen LogP contribution in [-0.4, -0.2) is 43.2 Å². The number of nitrogens with zero attached hydrogens (tertiary/aromatic N) is 1. The standard InChI is InChI=1S/C5H11NO2.FH/c1-6(2,3)4-5(7)8;/h4H2,1-3H3;1H. The van der Waals surface area contributed by atoms with E-state index >= 15 is 0 Å². The van der Waals surface area contributed by atoms with E-state index in [4.69, 9.17) is 5.11 Å². The lowest BCUT2D eigenvalue weighted by Gasteiger charge is -2.20. The first-order valence-electron chi connectivity index (χ1n) is 2.44. The van der Waals surface area contributed by atoms with Crippen molar-refractivity contribution in [2.24, 2.45) is 0 Å². The summed E-state index contributed by atoms with van der Waals surface area (Å²) in [7, 11) is 5.52. The molecule has 1 N–H and O–H groups in total. The highest BCUT2D eigenvalue weighted by molar-refractivity contribution is 5.67. The molecule has 9 heavy (non-hydrogen) atoms. The van der Waals surface area contributed by atoms with E-state index in [1.165, 1.54) is 0 Å². The number of hydrogen-bond acceptors (Lipinski definition) is 1. The van der Waals surface area contributed by atoms with Crippen LogP contribution in [0.5, 0.6) is 0 Å². The first kappa shape index (κ1) is 11.2. The average Bonchev–Trinajstić information content (AvgIpc) is 1.21. The number of carbonyl (C=O) groups is 1. The summed E-state index contributed by atoms with van der Waals surface area (Å²) in [5.74, 6) is -0.752. The molecule has 0 aliphatic heterocycles. The van der Waals surface area contributed by atoms with Gasteiger partial charge in [0.05, 0.1) is 21.1 Å². The normalized spacial score (nSPS) is 10.1. The van der Waals surface area contributed by atoms with Gasteiger partial charge in [-0.25, -0.2) is 4.79 Å². The second-order valence-corrected chi connectivity index (χ2v) is 2.84. The predicted molar refractivity (Wildman–Crippen MR) is 30.5 cm³/mol. The number of likely N-dealkylation sites (N-methyl/N-ethyl adjacent to an activating group) is 1. The molecule has 3 nitrogen and oxygen atoms in total. The fourth-order valence-corrected chi connectivity index (χ4v) is 0.406. The van der Waals surface area contributed by atoms with Crippen LogP contribution >= 0.6 is 0 Å². The Hall–Kier alpha value is -0.640. The van der Waals surface area contributed by atoms with Crippen LogP contribution in [0.1, 0.15) is 0 Å². The Kier molecular flexibility index (Phi) is 4.23. The maximum Gasteiger partial charge on any atom is 0.359 e. The van der Waals surface area contributed by atoms with Crippen LogP contribution in [-0.2, 0) is 4.79 Å². The minimum atomic E-state index is -0.752. The van der Waals surface area contributed by atoms with E-state index in [1.54, 1.807) is 0 Å². The van der Waals surface area contributed by atoms with Gasteiger partial charge in [-0.2, -0.15) is 0 Å². The first-order valence-corrected chi connectivity index (χ1v) is 2.44. The highest BCUT2D eigenvalue weighted by Crippen LogP contribution is 1.86. The monoisotopic (exact) mass is 137 g/mol. The number of aliphatic carboxylic acids is 1. The molecule has 0 atom stereocenters. The quantitative estimate of drug-likeness (QED) is 0.407. The van der Waals surface area contributed by atoms with Gasteiger partial charge >= 0.3 is 5.97 Å². The molecule has 0 radical (unpaired) electrons. The van der Waals surface area contributed by atoms with Crippen LogP contribution in [0, 0.1) is 0 Å². The van der Waals surface area contributed by atoms with Crippen molar-refractivity contribution in [1.82, 2.24) is 0 Å². The van der Waals surface area contributed by atoms with E-state index in [-0.39, 0.29) is 11.2 Å². The van der Waals surface area contributed by atoms with E-state index in [1.807, 2.05) is 21.1 Å². The van der Waals surface area contributed by atoms with E-state index in [2.05, 4.69) is 0 Å². The van der Waals surface area contributed by atoms with Crippen LogP contribution in [0.25, 0.3) is 0 Å². The summed E-state index contributed by atoms with van der Waals surface area (Å²) >= 11 is 0. The summed E-state index contributed by atoms with van der Waals surface area (Å²) < 4.78 is 0.481. The Morgan fingerprint density at radius 1 is 1.44 bits per heavy atom. The second kappa shape index (κ2) is 3.40. The number of rotatable bonds is 2. The van der Waals surface area contributed by atoms with Gasteiger partial charge in [-0.3, -0.25) is 0 Å². The molecule has 0 amide bonds. The number of hydrogen-bond donors (Lipinski definition) is 1. The van der Waals surface area contributed by atoms with E-state index in [0.717, 1.165) is 0 Å². The molecular weight excluding hydrogens is 125 g/mol. The van der Waals surface area contributed by atoms with Crippen molar-refractivity contribution in [3.63, 3.8) is 0 Å². The van der Waals surface area contributed by atoms with Gasteiger partial charge in [0.15, 0.2) is 6.54 Å². The predicted octanol–water partition coefficient (Wildman–Crippen LogP) is -3.22. The third kappa shape index (κ3) is 11.1. The van der Waals surface area contributed by atoms with Gasteiger partial charge in [-0.1, -0.05) is 0 Å². The number of halogens is 1. The Labute approximate surface area is 53.9 Å². The van der Waals surface area contributed by atoms with Crippen molar-refractivity contribution >= 4 is 5.97 Å². The van der Waals surface area contributed by atoms with Crippen molar-refractivity contribution in [2.45, 2.75) is 0 Å². The fourth-order valence-electron chi connectivity index (χ4n) is 0.406. The van der Waals surface area contributed by atoms with Gasteiger partial charge in [0, 0.05) is 0 Å². The van der Waals surface area contributed by atoms with Crippen molar-refractivity contribution < 1.29 is 19.1 Å². The van der Waals surface area contributed by atoms with Gasteiger partial charge in [-0.15, -0.1) is 0 Å². The largest absolute Gasteiger partial charge is 1.00 e. The van der Waals surface area contributed by atoms with Crippen molar-refractivity contribution in [1.29, 1.82) is 0 Å². The van der Waals surface area contributed by atoms with Gasteiger partial charge in [0.1, 0.15) is 0 Å². The molecule has 0 unspecified atom stereocenters. The number of carboxylic acid groups (broad SMARTS) is 1. The van der Waals surface area contributed by atoms with E-state index < -0.39 is 5.97 Å². The zero-order valence-electron chi connectivity index (χ0n) is 5.89. The lowest BCUT2D eigenvalue weighted by atomic mass is 10.5. The van der Waals surface area contributed by atoms with Crippen LogP contribution in [0.15, 0.2) is 0 Å². The lowest BCUT2D eigenvalue weighted by Crippen LogP contribution is -3.00. The van der Waals surface area contributed by atoms with Gasteiger partial charge in [0.2, 0.25) is 0 Å². The maximum absolute atomic E-state index is 10.00. The molecule has 4 heteroatoms. The third-order valence-corrected chi connectivity index (χ3v) is 0.610. The van der Waals surface area contributed by atoms with E-state index in [9.17, 15) is 4.79 Å². The zero-order chi connectivity index (χ0) is 6.78. The molecule has 0 aromatic rings. The smallest absolute Gasteiger partial charge is 0.359 e. The van der Waals surface area contributed by atoms with Gasteiger partial charge in [0.25, 0.3) is 0 Å². The molecule has 0 aromatic heterocycles. The molecule has 56 valence electrons. The Morgan fingerprint density at radius 3 is 1.78 bits per heavy atom. The Bertz CT molecular complexity index is 97.6.